The highest BCUT2D eigenvalue weighted by Gasteiger charge is 2.17. The summed E-state index contributed by atoms with van der Waals surface area (Å²) >= 11 is 1.57. The molecule has 3 aromatic heterocycles. The van der Waals surface area contributed by atoms with Crippen molar-refractivity contribution >= 4 is 21.6 Å². The van der Waals surface area contributed by atoms with Crippen molar-refractivity contribution in [1.82, 2.24) is 14.9 Å². The second kappa shape index (κ2) is 7.13. The van der Waals surface area contributed by atoms with Gasteiger partial charge in [-0.05, 0) is 38.6 Å². The fourth-order valence-electron chi connectivity index (χ4n) is 3.29. The third-order valence-electron chi connectivity index (χ3n) is 4.55. The third kappa shape index (κ3) is 3.59. The van der Waals surface area contributed by atoms with Crippen molar-refractivity contribution in [3.8, 4) is 11.1 Å². The molecule has 0 atom stereocenters. The largest absolute Gasteiger partial charge is 0.468 e. The summed E-state index contributed by atoms with van der Waals surface area (Å²) in [4.78, 5) is 24.5. The van der Waals surface area contributed by atoms with Gasteiger partial charge in [0.15, 0.2) is 0 Å². The van der Waals surface area contributed by atoms with Crippen LogP contribution in [0.1, 0.15) is 22.0 Å². The molecular formula is C21H21N3O2S. The number of nitrogens with zero attached hydrogens (tertiary/aromatic N) is 2. The number of hydrogen-bond donors (Lipinski definition) is 1. The zero-order valence-corrected chi connectivity index (χ0v) is 16.4. The fraction of sp³-hybridized carbons (Fsp3) is 0.238. The summed E-state index contributed by atoms with van der Waals surface area (Å²) in [6.07, 6.45) is 1.66. The standard InChI is InChI=1S/C21H21N3O2S/c1-13-6-8-15(9-7-13)18-14(2)27-21-19(18)20(25)22-17(23-21)12-24(3)11-16-5-4-10-26-16/h4-10H,11-12H2,1-3H3,(H,22,23,25). The first kappa shape index (κ1) is 17.7. The minimum absolute atomic E-state index is 0.0821. The number of nitrogens with one attached hydrogen (secondary N) is 1. The molecule has 4 aromatic rings. The molecule has 138 valence electrons. The van der Waals surface area contributed by atoms with Crippen LogP contribution in [0.5, 0.6) is 0 Å². The van der Waals surface area contributed by atoms with Gasteiger partial charge < -0.3 is 9.40 Å². The number of hydrogen-bond acceptors (Lipinski definition) is 5. The molecule has 6 heteroatoms. The van der Waals surface area contributed by atoms with Crippen LogP contribution < -0.4 is 5.56 Å². The van der Waals surface area contributed by atoms with Crippen molar-refractivity contribution in [1.29, 1.82) is 0 Å². The van der Waals surface area contributed by atoms with E-state index in [9.17, 15) is 4.79 Å². The number of fused-ring (bicyclic) bond motifs is 1. The van der Waals surface area contributed by atoms with E-state index in [0.717, 1.165) is 26.6 Å². The number of aryl methyl sites for hydroxylation is 2. The Hall–Kier alpha value is -2.70. The highest BCUT2D eigenvalue weighted by atomic mass is 32.1. The predicted octanol–water partition coefficient (Wildman–Crippen LogP) is 4.49. The van der Waals surface area contributed by atoms with Crippen LogP contribution in [0.25, 0.3) is 21.3 Å². The smallest absolute Gasteiger partial charge is 0.260 e. The normalized spacial score (nSPS) is 11.6. The van der Waals surface area contributed by atoms with E-state index in [1.165, 1.54) is 5.56 Å². The SMILES string of the molecule is Cc1ccc(-c2c(C)sc3nc(CN(C)Cc4ccco4)[nH]c(=O)c23)cc1. The van der Waals surface area contributed by atoms with E-state index in [4.69, 9.17) is 9.40 Å². The fourth-order valence-corrected chi connectivity index (χ4v) is 4.35. The first-order valence-corrected chi connectivity index (χ1v) is 9.63. The summed E-state index contributed by atoms with van der Waals surface area (Å²) in [6, 6.07) is 12.1. The number of rotatable bonds is 5. The molecule has 0 aliphatic rings. The van der Waals surface area contributed by atoms with Gasteiger partial charge in [-0.1, -0.05) is 29.8 Å². The van der Waals surface area contributed by atoms with Crippen LogP contribution in [-0.4, -0.2) is 21.9 Å². The molecule has 0 saturated heterocycles. The van der Waals surface area contributed by atoms with Gasteiger partial charge in [0.05, 0.1) is 24.7 Å². The average Bonchev–Trinajstić information content (AvgIpc) is 3.23. The van der Waals surface area contributed by atoms with Gasteiger partial charge in [-0.2, -0.15) is 0 Å². The molecule has 0 amide bonds. The Labute approximate surface area is 161 Å². The molecule has 1 aromatic carbocycles. The van der Waals surface area contributed by atoms with Crippen molar-refractivity contribution in [2.24, 2.45) is 0 Å². The molecule has 4 rings (SSSR count). The Morgan fingerprint density at radius 1 is 1.15 bits per heavy atom. The van der Waals surface area contributed by atoms with E-state index in [2.05, 4.69) is 41.1 Å². The van der Waals surface area contributed by atoms with Gasteiger partial charge in [-0.3, -0.25) is 9.69 Å². The van der Waals surface area contributed by atoms with Crippen LogP contribution in [0.3, 0.4) is 0 Å². The molecule has 0 aliphatic carbocycles. The lowest BCUT2D eigenvalue weighted by Gasteiger charge is -2.14. The summed E-state index contributed by atoms with van der Waals surface area (Å²) in [6.45, 7) is 5.31. The highest BCUT2D eigenvalue weighted by Crippen LogP contribution is 2.35. The van der Waals surface area contributed by atoms with Gasteiger partial charge in [0.2, 0.25) is 0 Å². The second-order valence-corrected chi connectivity index (χ2v) is 8.05. The molecule has 0 fully saturated rings. The van der Waals surface area contributed by atoms with Crippen molar-refractivity contribution in [3.05, 3.63) is 75.0 Å². The Balaban J connectivity index is 1.68. The van der Waals surface area contributed by atoms with Gasteiger partial charge in [0.25, 0.3) is 5.56 Å². The third-order valence-corrected chi connectivity index (χ3v) is 5.55. The van der Waals surface area contributed by atoms with Gasteiger partial charge in [0, 0.05) is 10.4 Å². The first-order chi connectivity index (χ1) is 13.0. The van der Waals surface area contributed by atoms with Crippen LogP contribution in [0, 0.1) is 13.8 Å². The zero-order valence-electron chi connectivity index (χ0n) is 15.6. The van der Waals surface area contributed by atoms with Gasteiger partial charge in [-0.25, -0.2) is 4.98 Å². The van der Waals surface area contributed by atoms with Crippen LogP contribution in [0.15, 0.2) is 51.9 Å². The summed E-state index contributed by atoms with van der Waals surface area (Å²) < 4.78 is 5.38. The number of aromatic nitrogens is 2. The van der Waals surface area contributed by atoms with Crippen molar-refractivity contribution in [2.45, 2.75) is 26.9 Å². The molecule has 27 heavy (non-hydrogen) atoms. The van der Waals surface area contributed by atoms with E-state index in [-0.39, 0.29) is 5.56 Å². The monoisotopic (exact) mass is 379 g/mol. The summed E-state index contributed by atoms with van der Waals surface area (Å²) in [5, 5.41) is 0.679. The van der Waals surface area contributed by atoms with Crippen molar-refractivity contribution in [2.75, 3.05) is 7.05 Å². The Bertz CT molecular complexity index is 1120. The number of benzene rings is 1. The number of H-pyrrole nitrogens is 1. The Morgan fingerprint density at radius 2 is 1.93 bits per heavy atom. The van der Waals surface area contributed by atoms with E-state index in [0.29, 0.717) is 24.3 Å². The van der Waals surface area contributed by atoms with E-state index in [1.807, 2.05) is 26.1 Å². The summed E-state index contributed by atoms with van der Waals surface area (Å²) in [5.74, 6) is 1.55. The molecule has 0 aliphatic heterocycles. The molecule has 0 bridgehead atoms. The lowest BCUT2D eigenvalue weighted by molar-refractivity contribution is 0.281. The minimum Gasteiger partial charge on any atom is -0.468 e. The second-order valence-electron chi connectivity index (χ2n) is 6.84. The molecule has 0 radical (unpaired) electrons. The quantitative estimate of drug-likeness (QED) is 0.555. The van der Waals surface area contributed by atoms with Crippen LogP contribution in [0.2, 0.25) is 0 Å². The topological polar surface area (TPSA) is 62.1 Å². The lowest BCUT2D eigenvalue weighted by atomic mass is 10.0. The van der Waals surface area contributed by atoms with E-state index >= 15 is 0 Å². The Morgan fingerprint density at radius 3 is 2.63 bits per heavy atom. The molecule has 0 spiro atoms. The van der Waals surface area contributed by atoms with E-state index < -0.39 is 0 Å². The van der Waals surface area contributed by atoms with Gasteiger partial charge in [0.1, 0.15) is 16.4 Å². The highest BCUT2D eigenvalue weighted by molar-refractivity contribution is 7.19. The summed E-state index contributed by atoms with van der Waals surface area (Å²) in [5.41, 5.74) is 3.16. The maximum absolute atomic E-state index is 12.8. The molecule has 3 heterocycles. The molecule has 1 N–H and O–H groups in total. The average molecular weight is 379 g/mol. The van der Waals surface area contributed by atoms with Crippen molar-refractivity contribution in [3.63, 3.8) is 0 Å². The van der Waals surface area contributed by atoms with Crippen molar-refractivity contribution < 1.29 is 4.42 Å². The lowest BCUT2D eigenvalue weighted by Crippen LogP contribution is -2.21. The first-order valence-electron chi connectivity index (χ1n) is 8.81. The van der Waals surface area contributed by atoms with Gasteiger partial charge in [-0.15, -0.1) is 11.3 Å². The Kier molecular flexibility index (Phi) is 4.68. The molecule has 0 saturated carbocycles. The molecule has 0 unspecified atom stereocenters. The number of furan rings is 1. The maximum Gasteiger partial charge on any atom is 0.260 e. The van der Waals surface area contributed by atoms with Gasteiger partial charge >= 0.3 is 0 Å². The number of aromatic amines is 1. The predicted molar refractivity (Wildman–Crippen MR) is 109 cm³/mol. The molecular weight excluding hydrogens is 358 g/mol. The van der Waals surface area contributed by atoms with Crippen LogP contribution >= 0.6 is 11.3 Å². The van der Waals surface area contributed by atoms with Crippen LogP contribution in [-0.2, 0) is 13.1 Å². The molecule has 5 nitrogen and oxygen atoms in total. The maximum atomic E-state index is 12.8. The minimum atomic E-state index is -0.0821. The van der Waals surface area contributed by atoms with E-state index in [1.54, 1.807) is 17.6 Å². The number of thiophene rings is 1. The zero-order chi connectivity index (χ0) is 19.0. The van der Waals surface area contributed by atoms with Crippen LogP contribution in [0.4, 0.5) is 0 Å². The summed E-state index contributed by atoms with van der Waals surface area (Å²) in [7, 11) is 1.98.